The van der Waals surface area contributed by atoms with Gasteiger partial charge in [0.2, 0.25) is 0 Å². The fraction of sp³-hybridized carbons (Fsp3) is 0.524. The molecule has 1 aliphatic heterocycles. The van der Waals surface area contributed by atoms with E-state index in [1.54, 1.807) is 4.68 Å². The normalized spacial score (nSPS) is 16.3. The SMILES string of the molecule is Cc1ccc(OC2(C(=O)N(Cc3cnn(C)c3)C(C)C)CCNCC2)cc1. The van der Waals surface area contributed by atoms with E-state index in [1.807, 2.05) is 55.5 Å². The van der Waals surface area contributed by atoms with E-state index in [2.05, 4.69) is 24.3 Å². The lowest BCUT2D eigenvalue weighted by atomic mass is 9.89. The Labute approximate surface area is 161 Å². The minimum absolute atomic E-state index is 0.0587. The largest absolute Gasteiger partial charge is 0.477 e. The second kappa shape index (κ2) is 8.13. The molecule has 1 fully saturated rings. The predicted molar refractivity (Wildman–Crippen MR) is 106 cm³/mol. The zero-order valence-electron chi connectivity index (χ0n) is 16.7. The topological polar surface area (TPSA) is 59.4 Å². The number of carbonyl (C=O) groups excluding carboxylic acids is 1. The van der Waals surface area contributed by atoms with Gasteiger partial charge in [-0.1, -0.05) is 17.7 Å². The van der Waals surface area contributed by atoms with Crippen LogP contribution in [-0.2, 0) is 18.4 Å². The average Bonchev–Trinajstić information content (AvgIpc) is 3.07. The number of piperidine rings is 1. The second-order valence-corrected chi connectivity index (χ2v) is 7.71. The summed E-state index contributed by atoms with van der Waals surface area (Å²) in [5.41, 5.74) is 1.37. The highest BCUT2D eigenvalue weighted by molar-refractivity contribution is 5.86. The molecule has 1 saturated heterocycles. The van der Waals surface area contributed by atoms with E-state index in [1.165, 1.54) is 5.56 Å². The molecule has 27 heavy (non-hydrogen) atoms. The Morgan fingerprint density at radius 2 is 1.96 bits per heavy atom. The van der Waals surface area contributed by atoms with Crippen LogP contribution in [0.1, 0.15) is 37.8 Å². The number of amides is 1. The average molecular weight is 370 g/mol. The van der Waals surface area contributed by atoms with Crippen LogP contribution in [0, 0.1) is 6.92 Å². The van der Waals surface area contributed by atoms with E-state index >= 15 is 0 Å². The Hall–Kier alpha value is -2.34. The molecule has 3 rings (SSSR count). The summed E-state index contributed by atoms with van der Waals surface area (Å²) in [6, 6.07) is 8.01. The van der Waals surface area contributed by atoms with Crippen molar-refractivity contribution in [3.05, 3.63) is 47.8 Å². The number of carbonyl (C=O) groups is 1. The first-order valence-electron chi connectivity index (χ1n) is 9.65. The van der Waals surface area contributed by atoms with Crippen molar-refractivity contribution >= 4 is 5.91 Å². The summed E-state index contributed by atoms with van der Waals surface area (Å²) in [6.45, 7) is 8.23. The molecule has 0 spiro atoms. The van der Waals surface area contributed by atoms with Crippen molar-refractivity contribution in [2.24, 2.45) is 7.05 Å². The van der Waals surface area contributed by atoms with Gasteiger partial charge in [-0.3, -0.25) is 9.48 Å². The zero-order valence-corrected chi connectivity index (χ0v) is 16.7. The molecule has 1 amide bonds. The van der Waals surface area contributed by atoms with Crippen LogP contribution in [0.4, 0.5) is 0 Å². The van der Waals surface area contributed by atoms with Gasteiger partial charge in [0.25, 0.3) is 5.91 Å². The number of rotatable bonds is 6. The minimum Gasteiger partial charge on any atom is -0.477 e. The Morgan fingerprint density at radius 1 is 1.30 bits per heavy atom. The molecular formula is C21H30N4O2. The number of nitrogens with one attached hydrogen (secondary N) is 1. The van der Waals surface area contributed by atoms with Crippen molar-refractivity contribution in [3.63, 3.8) is 0 Å². The van der Waals surface area contributed by atoms with Crippen LogP contribution in [0.5, 0.6) is 5.75 Å². The van der Waals surface area contributed by atoms with Gasteiger partial charge in [-0.05, 0) is 46.0 Å². The van der Waals surface area contributed by atoms with Gasteiger partial charge >= 0.3 is 0 Å². The van der Waals surface area contributed by atoms with Gasteiger partial charge < -0.3 is 15.0 Å². The summed E-state index contributed by atoms with van der Waals surface area (Å²) in [6.07, 6.45) is 5.10. The zero-order chi connectivity index (χ0) is 19.4. The summed E-state index contributed by atoms with van der Waals surface area (Å²) >= 11 is 0. The molecule has 146 valence electrons. The van der Waals surface area contributed by atoms with Crippen molar-refractivity contribution in [3.8, 4) is 5.75 Å². The van der Waals surface area contributed by atoms with Crippen LogP contribution in [0.25, 0.3) is 0 Å². The summed E-state index contributed by atoms with van der Waals surface area (Å²) in [5, 5.41) is 7.58. The number of aryl methyl sites for hydroxylation is 2. The van der Waals surface area contributed by atoms with Crippen molar-refractivity contribution in [1.82, 2.24) is 20.0 Å². The van der Waals surface area contributed by atoms with E-state index in [9.17, 15) is 4.79 Å². The molecule has 0 radical (unpaired) electrons. The molecule has 1 aliphatic rings. The lowest BCUT2D eigenvalue weighted by molar-refractivity contribution is -0.153. The van der Waals surface area contributed by atoms with E-state index in [0.717, 1.165) is 24.4 Å². The molecule has 1 N–H and O–H groups in total. The van der Waals surface area contributed by atoms with Crippen LogP contribution in [0.3, 0.4) is 0 Å². The molecule has 0 saturated carbocycles. The van der Waals surface area contributed by atoms with Gasteiger partial charge in [-0.25, -0.2) is 0 Å². The fourth-order valence-electron chi connectivity index (χ4n) is 3.52. The summed E-state index contributed by atoms with van der Waals surface area (Å²) in [7, 11) is 1.89. The van der Waals surface area contributed by atoms with Gasteiger partial charge in [-0.15, -0.1) is 0 Å². The molecular weight excluding hydrogens is 340 g/mol. The van der Waals surface area contributed by atoms with Crippen molar-refractivity contribution in [1.29, 1.82) is 0 Å². The Balaban J connectivity index is 1.86. The number of hydrogen-bond donors (Lipinski definition) is 1. The van der Waals surface area contributed by atoms with E-state index in [0.29, 0.717) is 19.4 Å². The van der Waals surface area contributed by atoms with E-state index < -0.39 is 5.60 Å². The highest BCUT2D eigenvalue weighted by Gasteiger charge is 2.45. The minimum atomic E-state index is -0.826. The number of nitrogens with zero attached hydrogens (tertiary/aromatic N) is 3. The maximum atomic E-state index is 13.7. The maximum absolute atomic E-state index is 13.7. The summed E-state index contributed by atoms with van der Waals surface area (Å²) < 4.78 is 8.15. The molecule has 0 bridgehead atoms. The lowest BCUT2D eigenvalue weighted by Crippen LogP contribution is -2.58. The molecule has 1 aromatic carbocycles. The van der Waals surface area contributed by atoms with Gasteiger partial charge in [0.15, 0.2) is 5.60 Å². The lowest BCUT2D eigenvalue weighted by Gasteiger charge is -2.41. The molecule has 0 aliphatic carbocycles. The Bertz CT molecular complexity index is 761. The molecule has 0 unspecified atom stereocenters. The molecule has 0 atom stereocenters. The van der Waals surface area contributed by atoms with E-state index in [4.69, 9.17) is 4.74 Å². The second-order valence-electron chi connectivity index (χ2n) is 7.71. The van der Waals surface area contributed by atoms with E-state index in [-0.39, 0.29) is 11.9 Å². The number of ether oxygens (including phenoxy) is 1. The third-order valence-electron chi connectivity index (χ3n) is 5.13. The predicted octanol–water partition coefficient (Wildman–Crippen LogP) is 2.67. The third kappa shape index (κ3) is 4.50. The maximum Gasteiger partial charge on any atom is 0.267 e. The van der Waals surface area contributed by atoms with Crippen molar-refractivity contribution < 1.29 is 9.53 Å². The first-order valence-corrected chi connectivity index (χ1v) is 9.65. The molecule has 1 aromatic heterocycles. The Morgan fingerprint density at radius 3 is 2.52 bits per heavy atom. The van der Waals surface area contributed by atoms with Crippen LogP contribution in [0.2, 0.25) is 0 Å². The highest BCUT2D eigenvalue weighted by atomic mass is 16.5. The number of benzene rings is 1. The van der Waals surface area contributed by atoms with Gasteiger partial charge in [0.1, 0.15) is 5.75 Å². The Kier molecular flexibility index (Phi) is 5.85. The van der Waals surface area contributed by atoms with Crippen LogP contribution < -0.4 is 10.1 Å². The number of aromatic nitrogens is 2. The van der Waals surface area contributed by atoms with Gasteiger partial charge in [-0.2, -0.15) is 5.10 Å². The summed E-state index contributed by atoms with van der Waals surface area (Å²) in [4.78, 5) is 15.6. The first-order chi connectivity index (χ1) is 12.9. The van der Waals surface area contributed by atoms with Crippen LogP contribution in [-0.4, -0.2) is 45.3 Å². The molecule has 2 heterocycles. The standard InChI is InChI=1S/C21H30N4O2/c1-16(2)25(15-18-13-23-24(4)14-18)20(26)21(9-11-22-12-10-21)27-19-7-5-17(3)6-8-19/h5-8,13-14,16,22H,9-12,15H2,1-4H3. The van der Waals surface area contributed by atoms with Crippen molar-refractivity contribution in [2.75, 3.05) is 13.1 Å². The van der Waals surface area contributed by atoms with Crippen LogP contribution in [0.15, 0.2) is 36.7 Å². The molecule has 6 nitrogen and oxygen atoms in total. The number of hydrogen-bond acceptors (Lipinski definition) is 4. The summed E-state index contributed by atoms with van der Waals surface area (Å²) in [5.74, 6) is 0.810. The fourth-order valence-corrected chi connectivity index (χ4v) is 3.52. The molecule has 6 heteroatoms. The quantitative estimate of drug-likeness (QED) is 0.849. The smallest absolute Gasteiger partial charge is 0.267 e. The van der Waals surface area contributed by atoms with Crippen LogP contribution >= 0.6 is 0 Å². The van der Waals surface area contributed by atoms with Gasteiger partial charge in [0, 0.05) is 44.2 Å². The first kappa shape index (κ1) is 19.4. The monoisotopic (exact) mass is 370 g/mol. The van der Waals surface area contributed by atoms with Crippen molar-refractivity contribution in [2.45, 2.75) is 51.8 Å². The third-order valence-corrected chi connectivity index (χ3v) is 5.13. The molecule has 2 aromatic rings. The highest BCUT2D eigenvalue weighted by Crippen LogP contribution is 2.30. The van der Waals surface area contributed by atoms with Gasteiger partial charge in [0.05, 0.1) is 6.20 Å².